The molecule has 0 amide bonds. The molecule has 0 heterocycles. The zero-order chi connectivity index (χ0) is 15.6. The molecule has 2 nitrogen and oxygen atoms in total. The van der Waals surface area contributed by atoms with Crippen LogP contribution in [0.2, 0.25) is 0 Å². The summed E-state index contributed by atoms with van der Waals surface area (Å²) in [6, 6.07) is 3.48. The molecule has 0 spiro atoms. The van der Waals surface area contributed by atoms with E-state index in [1.54, 1.807) is 0 Å². The van der Waals surface area contributed by atoms with E-state index in [0.29, 0.717) is 5.56 Å². The molecule has 3 N–H and O–H groups in total. The third-order valence-corrected chi connectivity index (χ3v) is 5.03. The number of nitrogens with two attached hydrogens (primary N) is 1. The van der Waals surface area contributed by atoms with E-state index in [-0.39, 0.29) is 17.9 Å². The van der Waals surface area contributed by atoms with Crippen molar-refractivity contribution in [1.82, 2.24) is 0 Å². The molecular weight excluding hydrogens is 272 g/mol. The SMILES string of the molecule is CC1(C)CCCCC1C(O)C(CN)c1ccc(F)cc1F. The highest BCUT2D eigenvalue weighted by Crippen LogP contribution is 2.45. The molecule has 0 aromatic heterocycles. The summed E-state index contributed by atoms with van der Waals surface area (Å²) in [5.41, 5.74) is 6.12. The fraction of sp³-hybridized carbons (Fsp3) is 0.647. The minimum atomic E-state index is -0.703. The Balaban J connectivity index is 2.27. The smallest absolute Gasteiger partial charge is 0.129 e. The van der Waals surface area contributed by atoms with Crippen LogP contribution < -0.4 is 5.73 Å². The van der Waals surface area contributed by atoms with Gasteiger partial charge < -0.3 is 10.8 Å². The van der Waals surface area contributed by atoms with Crippen LogP contribution in [0.3, 0.4) is 0 Å². The van der Waals surface area contributed by atoms with Gasteiger partial charge in [-0.25, -0.2) is 8.78 Å². The van der Waals surface area contributed by atoms with Gasteiger partial charge in [0.25, 0.3) is 0 Å². The average Bonchev–Trinajstić information content (AvgIpc) is 2.41. The highest BCUT2D eigenvalue weighted by atomic mass is 19.1. The maximum atomic E-state index is 14.0. The second kappa shape index (κ2) is 6.41. The fourth-order valence-electron chi connectivity index (χ4n) is 3.69. The number of hydrogen-bond acceptors (Lipinski definition) is 2. The first kappa shape index (κ1) is 16.4. The predicted molar refractivity (Wildman–Crippen MR) is 79.9 cm³/mol. The van der Waals surface area contributed by atoms with Crippen LogP contribution in [0.1, 0.15) is 51.0 Å². The van der Waals surface area contributed by atoms with Crippen molar-refractivity contribution in [3.63, 3.8) is 0 Å². The van der Waals surface area contributed by atoms with Gasteiger partial charge in [-0.3, -0.25) is 0 Å². The first-order valence-corrected chi connectivity index (χ1v) is 7.70. The number of aliphatic hydroxyl groups excluding tert-OH is 1. The fourth-order valence-corrected chi connectivity index (χ4v) is 3.69. The van der Waals surface area contributed by atoms with Crippen LogP contribution in [0.5, 0.6) is 0 Å². The zero-order valence-electron chi connectivity index (χ0n) is 12.8. The van der Waals surface area contributed by atoms with Crippen molar-refractivity contribution in [1.29, 1.82) is 0 Å². The Bertz CT molecular complexity index is 490. The molecule has 0 bridgehead atoms. The molecule has 1 aromatic rings. The lowest BCUT2D eigenvalue weighted by Gasteiger charge is -2.43. The second-order valence-electron chi connectivity index (χ2n) is 6.84. The van der Waals surface area contributed by atoms with Crippen molar-refractivity contribution in [3.8, 4) is 0 Å². The third kappa shape index (κ3) is 3.43. The Hall–Kier alpha value is -1.00. The van der Waals surface area contributed by atoms with E-state index in [2.05, 4.69) is 13.8 Å². The first-order valence-electron chi connectivity index (χ1n) is 7.70. The molecular formula is C17H25F2NO. The normalized spacial score (nSPS) is 24.6. The summed E-state index contributed by atoms with van der Waals surface area (Å²) in [5.74, 6) is -1.64. The third-order valence-electron chi connectivity index (χ3n) is 5.03. The van der Waals surface area contributed by atoms with E-state index in [0.717, 1.165) is 31.7 Å². The molecule has 1 fully saturated rings. The molecule has 1 saturated carbocycles. The van der Waals surface area contributed by atoms with Crippen molar-refractivity contribution in [2.75, 3.05) is 6.54 Å². The minimum Gasteiger partial charge on any atom is -0.392 e. The molecule has 118 valence electrons. The van der Waals surface area contributed by atoms with Gasteiger partial charge in [0.15, 0.2) is 0 Å². The molecule has 3 atom stereocenters. The standard InChI is InChI=1S/C17H25F2NO/c1-17(2)8-4-3-5-14(17)16(21)13(10-20)12-7-6-11(18)9-15(12)19/h6-7,9,13-14,16,21H,3-5,8,10,20H2,1-2H3. The number of rotatable bonds is 4. The molecule has 1 aromatic carbocycles. The van der Waals surface area contributed by atoms with Gasteiger partial charge in [-0.05, 0) is 35.8 Å². The van der Waals surface area contributed by atoms with Gasteiger partial charge in [0, 0.05) is 18.5 Å². The van der Waals surface area contributed by atoms with Gasteiger partial charge in [-0.1, -0.05) is 32.8 Å². The summed E-state index contributed by atoms with van der Waals surface area (Å²) in [5, 5.41) is 10.8. The molecule has 0 aliphatic heterocycles. The van der Waals surface area contributed by atoms with E-state index in [4.69, 9.17) is 5.73 Å². The van der Waals surface area contributed by atoms with E-state index in [1.165, 1.54) is 12.1 Å². The molecule has 0 radical (unpaired) electrons. The number of halogens is 2. The predicted octanol–water partition coefficient (Wildman–Crippen LogP) is 3.58. The molecule has 21 heavy (non-hydrogen) atoms. The molecule has 1 aliphatic carbocycles. The van der Waals surface area contributed by atoms with E-state index >= 15 is 0 Å². The Morgan fingerprint density at radius 2 is 2.05 bits per heavy atom. The Morgan fingerprint density at radius 3 is 2.62 bits per heavy atom. The van der Waals surface area contributed by atoms with Gasteiger partial charge >= 0.3 is 0 Å². The summed E-state index contributed by atoms with van der Waals surface area (Å²) >= 11 is 0. The molecule has 0 saturated heterocycles. The lowest BCUT2D eigenvalue weighted by atomic mass is 9.64. The topological polar surface area (TPSA) is 46.2 Å². The van der Waals surface area contributed by atoms with Crippen molar-refractivity contribution < 1.29 is 13.9 Å². The van der Waals surface area contributed by atoms with Crippen molar-refractivity contribution in [2.24, 2.45) is 17.1 Å². The van der Waals surface area contributed by atoms with Gasteiger partial charge in [0.05, 0.1) is 6.10 Å². The summed E-state index contributed by atoms with van der Waals surface area (Å²) in [7, 11) is 0. The van der Waals surface area contributed by atoms with Crippen LogP contribution in [0.15, 0.2) is 18.2 Å². The van der Waals surface area contributed by atoms with E-state index in [1.807, 2.05) is 0 Å². The molecule has 3 unspecified atom stereocenters. The second-order valence-corrected chi connectivity index (χ2v) is 6.84. The zero-order valence-corrected chi connectivity index (χ0v) is 12.8. The van der Waals surface area contributed by atoms with Gasteiger partial charge in [0.2, 0.25) is 0 Å². The van der Waals surface area contributed by atoms with Crippen LogP contribution in [0.4, 0.5) is 8.78 Å². The van der Waals surface area contributed by atoms with Crippen LogP contribution in [0, 0.1) is 23.0 Å². The minimum absolute atomic E-state index is 0.0155. The molecule has 2 rings (SSSR count). The number of benzene rings is 1. The highest BCUT2D eigenvalue weighted by molar-refractivity contribution is 5.24. The Kier molecular flexibility index (Phi) is 4.99. The van der Waals surface area contributed by atoms with Crippen molar-refractivity contribution >= 4 is 0 Å². The maximum absolute atomic E-state index is 14.0. The lowest BCUT2D eigenvalue weighted by Crippen LogP contribution is -2.42. The van der Waals surface area contributed by atoms with Crippen LogP contribution in [-0.4, -0.2) is 17.8 Å². The summed E-state index contributed by atoms with van der Waals surface area (Å²) in [6.45, 7) is 4.44. The van der Waals surface area contributed by atoms with Crippen LogP contribution >= 0.6 is 0 Å². The van der Waals surface area contributed by atoms with Gasteiger partial charge in [-0.2, -0.15) is 0 Å². The van der Waals surface area contributed by atoms with Gasteiger partial charge in [0.1, 0.15) is 11.6 Å². The largest absolute Gasteiger partial charge is 0.392 e. The number of aliphatic hydroxyl groups is 1. The van der Waals surface area contributed by atoms with Crippen LogP contribution in [-0.2, 0) is 0 Å². The van der Waals surface area contributed by atoms with E-state index in [9.17, 15) is 13.9 Å². The average molecular weight is 297 g/mol. The highest BCUT2D eigenvalue weighted by Gasteiger charge is 2.40. The molecule has 4 heteroatoms. The Labute approximate surface area is 125 Å². The quantitative estimate of drug-likeness (QED) is 0.892. The summed E-state index contributed by atoms with van der Waals surface area (Å²) in [6.07, 6.45) is 3.51. The van der Waals surface area contributed by atoms with Crippen LogP contribution in [0.25, 0.3) is 0 Å². The monoisotopic (exact) mass is 297 g/mol. The van der Waals surface area contributed by atoms with E-state index < -0.39 is 23.7 Å². The van der Waals surface area contributed by atoms with Crippen molar-refractivity contribution in [2.45, 2.75) is 51.6 Å². The number of hydrogen-bond donors (Lipinski definition) is 2. The summed E-state index contributed by atoms with van der Waals surface area (Å²) < 4.78 is 27.1. The molecule has 1 aliphatic rings. The first-order chi connectivity index (χ1) is 9.86. The lowest BCUT2D eigenvalue weighted by molar-refractivity contribution is -0.00954. The van der Waals surface area contributed by atoms with Crippen molar-refractivity contribution in [3.05, 3.63) is 35.4 Å². The summed E-state index contributed by atoms with van der Waals surface area (Å²) in [4.78, 5) is 0. The maximum Gasteiger partial charge on any atom is 0.129 e. The Morgan fingerprint density at radius 1 is 1.33 bits per heavy atom. The van der Waals surface area contributed by atoms with Gasteiger partial charge in [-0.15, -0.1) is 0 Å².